The number of pyridine rings is 1. The second-order valence-electron chi connectivity index (χ2n) is 7.20. The van der Waals surface area contributed by atoms with Crippen molar-refractivity contribution in [3.63, 3.8) is 0 Å². The SMILES string of the molecule is CCN(CC)Cc1ccc2nc(-c3cccnc3)nc(Nc3ccc(F)c(Cl)c3)c2c1. The fourth-order valence-corrected chi connectivity index (χ4v) is 3.59. The summed E-state index contributed by atoms with van der Waals surface area (Å²) >= 11 is 5.98. The Morgan fingerprint density at radius 3 is 2.58 bits per heavy atom. The van der Waals surface area contributed by atoms with E-state index in [0.29, 0.717) is 17.3 Å². The lowest BCUT2D eigenvalue weighted by Gasteiger charge is -2.19. The molecule has 2 aromatic heterocycles. The lowest BCUT2D eigenvalue weighted by atomic mass is 10.1. The van der Waals surface area contributed by atoms with Crippen LogP contribution in [0, 0.1) is 5.82 Å². The van der Waals surface area contributed by atoms with Crippen LogP contribution in [0.4, 0.5) is 15.9 Å². The molecule has 0 aliphatic carbocycles. The van der Waals surface area contributed by atoms with E-state index in [2.05, 4.69) is 41.2 Å². The van der Waals surface area contributed by atoms with Crippen molar-refractivity contribution in [3.8, 4) is 11.4 Å². The average Bonchev–Trinajstić information content (AvgIpc) is 2.80. The maximum atomic E-state index is 13.6. The Morgan fingerprint density at radius 2 is 1.87 bits per heavy atom. The van der Waals surface area contributed by atoms with Gasteiger partial charge in [-0.2, -0.15) is 0 Å². The van der Waals surface area contributed by atoms with Crippen molar-refractivity contribution in [2.24, 2.45) is 0 Å². The molecule has 0 atom stereocenters. The van der Waals surface area contributed by atoms with Crippen LogP contribution < -0.4 is 5.32 Å². The molecule has 0 fully saturated rings. The number of anilines is 2. The molecular weight excluding hydrogens is 413 g/mol. The average molecular weight is 436 g/mol. The van der Waals surface area contributed by atoms with Crippen LogP contribution in [0.3, 0.4) is 0 Å². The van der Waals surface area contributed by atoms with Crippen molar-refractivity contribution in [1.29, 1.82) is 0 Å². The minimum Gasteiger partial charge on any atom is -0.340 e. The number of nitrogens with one attached hydrogen (secondary N) is 1. The Hall–Kier alpha value is -3.09. The normalized spacial score (nSPS) is 11.3. The molecular formula is C24H23ClFN5. The summed E-state index contributed by atoms with van der Waals surface area (Å²) in [5.74, 6) is 0.734. The fourth-order valence-electron chi connectivity index (χ4n) is 3.41. The molecule has 5 nitrogen and oxygen atoms in total. The third-order valence-corrected chi connectivity index (χ3v) is 5.45. The van der Waals surface area contributed by atoms with Gasteiger partial charge >= 0.3 is 0 Å². The Kier molecular flexibility index (Phi) is 6.39. The van der Waals surface area contributed by atoms with Crippen LogP contribution >= 0.6 is 11.6 Å². The molecule has 0 saturated carbocycles. The summed E-state index contributed by atoms with van der Waals surface area (Å²) in [5, 5.41) is 4.24. The van der Waals surface area contributed by atoms with Gasteiger partial charge < -0.3 is 5.32 Å². The lowest BCUT2D eigenvalue weighted by molar-refractivity contribution is 0.296. The summed E-state index contributed by atoms with van der Waals surface area (Å²) in [6.45, 7) is 7.10. The monoisotopic (exact) mass is 435 g/mol. The molecule has 0 amide bonds. The molecule has 2 aromatic carbocycles. The smallest absolute Gasteiger partial charge is 0.163 e. The molecule has 0 spiro atoms. The molecule has 7 heteroatoms. The largest absolute Gasteiger partial charge is 0.340 e. The van der Waals surface area contributed by atoms with Crippen LogP contribution in [0.1, 0.15) is 19.4 Å². The van der Waals surface area contributed by atoms with Gasteiger partial charge in [-0.25, -0.2) is 14.4 Å². The van der Waals surface area contributed by atoms with Crippen LogP contribution in [-0.4, -0.2) is 32.9 Å². The second-order valence-corrected chi connectivity index (χ2v) is 7.61. The van der Waals surface area contributed by atoms with E-state index in [-0.39, 0.29) is 5.02 Å². The van der Waals surface area contributed by atoms with Crippen molar-refractivity contribution in [3.05, 3.63) is 77.3 Å². The van der Waals surface area contributed by atoms with Gasteiger partial charge in [0.15, 0.2) is 5.82 Å². The molecule has 4 aromatic rings. The van der Waals surface area contributed by atoms with Gasteiger partial charge in [-0.1, -0.05) is 31.5 Å². The van der Waals surface area contributed by atoms with Gasteiger partial charge in [0.2, 0.25) is 0 Å². The van der Waals surface area contributed by atoms with Gasteiger partial charge in [0, 0.05) is 35.6 Å². The Balaban J connectivity index is 1.82. The van der Waals surface area contributed by atoms with Gasteiger partial charge in [0.05, 0.1) is 10.5 Å². The summed E-state index contributed by atoms with van der Waals surface area (Å²) in [6, 6.07) is 14.5. The molecule has 0 aliphatic rings. The fraction of sp³-hybridized carbons (Fsp3) is 0.208. The maximum absolute atomic E-state index is 13.6. The van der Waals surface area contributed by atoms with Crippen molar-refractivity contribution in [2.45, 2.75) is 20.4 Å². The molecule has 0 aliphatic heterocycles. The second kappa shape index (κ2) is 9.37. The molecule has 0 bridgehead atoms. The Morgan fingerprint density at radius 1 is 1.03 bits per heavy atom. The van der Waals surface area contributed by atoms with Crippen LogP contribution in [0.25, 0.3) is 22.3 Å². The quantitative estimate of drug-likeness (QED) is 0.382. The molecule has 31 heavy (non-hydrogen) atoms. The molecule has 2 heterocycles. The number of aromatic nitrogens is 3. The first kappa shape index (κ1) is 21.2. The number of nitrogens with zero attached hydrogens (tertiary/aromatic N) is 4. The summed E-state index contributed by atoms with van der Waals surface area (Å²) < 4.78 is 13.6. The zero-order valence-corrected chi connectivity index (χ0v) is 18.2. The standard InChI is InChI=1S/C24H23ClFN5/c1-3-31(4-2)15-16-7-10-22-19(12-16)24(28-18-8-9-21(26)20(25)13-18)30-23(29-22)17-6-5-11-27-14-17/h5-14H,3-4,15H2,1-2H3,(H,28,29,30). The van der Waals surface area contributed by atoms with Crippen LogP contribution in [0.5, 0.6) is 0 Å². The highest BCUT2D eigenvalue weighted by atomic mass is 35.5. The van der Waals surface area contributed by atoms with E-state index in [1.807, 2.05) is 18.2 Å². The predicted molar refractivity (Wildman–Crippen MR) is 124 cm³/mol. The van der Waals surface area contributed by atoms with E-state index in [9.17, 15) is 4.39 Å². The van der Waals surface area contributed by atoms with E-state index in [1.165, 1.54) is 11.6 Å². The van der Waals surface area contributed by atoms with Gasteiger partial charge in [0.1, 0.15) is 11.6 Å². The minimum absolute atomic E-state index is 0.0538. The van der Waals surface area contributed by atoms with Crippen molar-refractivity contribution < 1.29 is 4.39 Å². The highest BCUT2D eigenvalue weighted by Gasteiger charge is 2.13. The first-order valence-electron chi connectivity index (χ1n) is 10.2. The zero-order chi connectivity index (χ0) is 21.8. The molecule has 0 unspecified atom stereocenters. The highest BCUT2D eigenvalue weighted by Crippen LogP contribution is 2.29. The predicted octanol–water partition coefficient (Wildman–Crippen LogP) is 6.07. The highest BCUT2D eigenvalue weighted by molar-refractivity contribution is 6.31. The van der Waals surface area contributed by atoms with Crippen LogP contribution in [0.15, 0.2) is 60.9 Å². The van der Waals surface area contributed by atoms with Gasteiger partial charge in [0.25, 0.3) is 0 Å². The Bertz CT molecular complexity index is 1200. The maximum Gasteiger partial charge on any atom is 0.163 e. The van der Waals surface area contributed by atoms with Crippen LogP contribution in [-0.2, 0) is 6.54 Å². The first-order chi connectivity index (χ1) is 15.1. The Labute approximate surface area is 185 Å². The summed E-state index contributed by atoms with van der Waals surface area (Å²) in [4.78, 5) is 16.0. The van der Waals surface area contributed by atoms with E-state index in [0.717, 1.165) is 36.1 Å². The van der Waals surface area contributed by atoms with Crippen molar-refractivity contribution in [1.82, 2.24) is 19.9 Å². The summed E-state index contributed by atoms with van der Waals surface area (Å²) in [5.41, 5.74) is 3.46. The molecule has 158 valence electrons. The third-order valence-electron chi connectivity index (χ3n) is 5.16. The summed E-state index contributed by atoms with van der Waals surface area (Å²) in [7, 11) is 0. The third kappa shape index (κ3) is 4.81. The van der Waals surface area contributed by atoms with E-state index < -0.39 is 5.82 Å². The molecule has 1 N–H and O–H groups in total. The number of rotatable bonds is 7. The van der Waals surface area contributed by atoms with Gasteiger partial charge in [-0.3, -0.25) is 9.88 Å². The molecule has 0 saturated heterocycles. The number of fused-ring (bicyclic) bond motifs is 1. The number of hydrogen-bond acceptors (Lipinski definition) is 5. The van der Waals surface area contributed by atoms with E-state index >= 15 is 0 Å². The number of hydrogen-bond donors (Lipinski definition) is 1. The minimum atomic E-state index is -0.461. The van der Waals surface area contributed by atoms with Crippen LogP contribution in [0.2, 0.25) is 5.02 Å². The van der Waals surface area contributed by atoms with Crippen molar-refractivity contribution in [2.75, 3.05) is 18.4 Å². The summed E-state index contributed by atoms with van der Waals surface area (Å²) in [6.07, 6.45) is 3.44. The zero-order valence-electron chi connectivity index (χ0n) is 17.4. The van der Waals surface area contributed by atoms with E-state index in [4.69, 9.17) is 21.6 Å². The first-order valence-corrected chi connectivity index (χ1v) is 10.6. The van der Waals surface area contributed by atoms with Gasteiger partial charge in [-0.15, -0.1) is 0 Å². The number of benzene rings is 2. The molecule has 4 rings (SSSR count). The number of halogens is 2. The van der Waals surface area contributed by atoms with E-state index in [1.54, 1.807) is 24.5 Å². The lowest BCUT2D eigenvalue weighted by Crippen LogP contribution is -2.22. The van der Waals surface area contributed by atoms with Crippen molar-refractivity contribution >= 4 is 34.0 Å². The topological polar surface area (TPSA) is 53.9 Å². The van der Waals surface area contributed by atoms with Gasteiger partial charge in [-0.05, 0) is 61.1 Å². The molecule has 0 radical (unpaired) electrons.